The van der Waals surface area contributed by atoms with Gasteiger partial charge in [0.15, 0.2) is 0 Å². The van der Waals surface area contributed by atoms with Crippen molar-refractivity contribution in [2.24, 2.45) is 5.10 Å². The zero-order valence-electron chi connectivity index (χ0n) is 15.0. The molecule has 0 aliphatic carbocycles. The molecule has 0 atom stereocenters. The molecule has 2 aromatic rings. The van der Waals surface area contributed by atoms with Gasteiger partial charge in [0, 0.05) is 23.7 Å². The van der Waals surface area contributed by atoms with Crippen molar-refractivity contribution in [1.82, 2.24) is 5.43 Å². The Morgan fingerprint density at radius 1 is 0.964 bits per heavy atom. The van der Waals surface area contributed by atoms with Crippen molar-refractivity contribution in [3.63, 3.8) is 0 Å². The number of nitrogens with zero attached hydrogens (tertiary/aromatic N) is 1. The van der Waals surface area contributed by atoms with Gasteiger partial charge < -0.3 is 20.6 Å². The SMILES string of the molecule is CC(=NNC(=O)c1cc(O)cc(O)c1)c1cccc(NC(=O)CCC(=O)O)c1. The number of benzene rings is 2. The highest BCUT2D eigenvalue weighted by atomic mass is 16.4. The van der Waals surface area contributed by atoms with E-state index in [1.807, 2.05) is 0 Å². The summed E-state index contributed by atoms with van der Waals surface area (Å²) >= 11 is 0. The topological polar surface area (TPSA) is 148 Å². The Bertz CT molecular complexity index is 919. The van der Waals surface area contributed by atoms with E-state index in [-0.39, 0.29) is 29.9 Å². The number of hydrogen-bond donors (Lipinski definition) is 5. The molecule has 9 heteroatoms. The van der Waals surface area contributed by atoms with Gasteiger partial charge in [0.2, 0.25) is 5.91 Å². The van der Waals surface area contributed by atoms with E-state index in [1.165, 1.54) is 12.1 Å². The Morgan fingerprint density at radius 3 is 2.29 bits per heavy atom. The lowest BCUT2D eigenvalue weighted by atomic mass is 10.1. The largest absolute Gasteiger partial charge is 0.508 e. The van der Waals surface area contributed by atoms with Crippen LogP contribution < -0.4 is 10.7 Å². The molecule has 5 N–H and O–H groups in total. The lowest BCUT2D eigenvalue weighted by molar-refractivity contribution is -0.138. The molecule has 0 saturated heterocycles. The summed E-state index contributed by atoms with van der Waals surface area (Å²) in [6.45, 7) is 1.64. The van der Waals surface area contributed by atoms with E-state index in [1.54, 1.807) is 31.2 Å². The number of phenols is 2. The molecule has 28 heavy (non-hydrogen) atoms. The molecule has 0 heterocycles. The van der Waals surface area contributed by atoms with Gasteiger partial charge in [-0.1, -0.05) is 12.1 Å². The lowest BCUT2D eigenvalue weighted by Gasteiger charge is -2.08. The molecular weight excluding hydrogens is 366 g/mol. The number of carbonyl (C=O) groups excluding carboxylic acids is 2. The smallest absolute Gasteiger partial charge is 0.303 e. The zero-order chi connectivity index (χ0) is 20.7. The number of carboxylic acids is 1. The van der Waals surface area contributed by atoms with E-state index >= 15 is 0 Å². The van der Waals surface area contributed by atoms with Gasteiger partial charge in [0.1, 0.15) is 11.5 Å². The van der Waals surface area contributed by atoms with Gasteiger partial charge in [-0.3, -0.25) is 14.4 Å². The van der Waals surface area contributed by atoms with Crippen LogP contribution in [-0.2, 0) is 9.59 Å². The number of rotatable bonds is 7. The van der Waals surface area contributed by atoms with E-state index in [9.17, 15) is 24.6 Å². The molecule has 146 valence electrons. The minimum atomic E-state index is -1.05. The molecule has 0 unspecified atom stereocenters. The van der Waals surface area contributed by atoms with Crippen LogP contribution in [0.4, 0.5) is 5.69 Å². The van der Waals surface area contributed by atoms with Crippen LogP contribution in [0, 0.1) is 0 Å². The molecule has 0 aliphatic rings. The minimum Gasteiger partial charge on any atom is -0.508 e. The molecular formula is C19H19N3O6. The predicted molar refractivity (Wildman–Crippen MR) is 101 cm³/mol. The van der Waals surface area contributed by atoms with E-state index in [0.717, 1.165) is 6.07 Å². The van der Waals surface area contributed by atoms with Gasteiger partial charge >= 0.3 is 5.97 Å². The standard InChI is InChI=1S/C19H19N3O6/c1-11(21-22-19(28)13-8-15(23)10-16(24)9-13)12-3-2-4-14(7-12)20-17(25)5-6-18(26)27/h2-4,7-10,23-24H,5-6H2,1H3,(H,20,25)(H,22,28)(H,26,27). The second-order valence-corrected chi connectivity index (χ2v) is 5.90. The maximum atomic E-state index is 12.1. The molecule has 0 aliphatic heterocycles. The highest BCUT2D eigenvalue weighted by Gasteiger charge is 2.09. The second-order valence-electron chi connectivity index (χ2n) is 5.90. The lowest BCUT2D eigenvalue weighted by Crippen LogP contribution is -2.19. The maximum Gasteiger partial charge on any atom is 0.303 e. The van der Waals surface area contributed by atoms with E-state index in [4.69, 9.17) is 5.11 Å². The Kier molecular flexibility index (Phi) is 6.69. The van der Waals surface area contributed by atoms with Gasteiger partial charge in [-0.25, -0.2) is 5.43 Å². The summed E-state index contributed by atoms with van der Waals surface area (Å²) in [5.41, 5.74) is 3.88. The molecule has 2 rings (SSSR count). The number of phenolic OH excluding ortho intramolecular Hbond substituents is 2. The highest BCUT2D eigenvalue weighted by Crippen LogP contribution is 2.20. The van der Waals surface area contributed by atoms with Crippen LogP contribution in [0.5, 0.6) is 11.5 Å². The van der Waals surface area contributed by atoms with E-state index < -0.39 is 17.8 Å². The molecule has 0 radical (unpaired) electrons. The van der Waals surface area contributed by atoms with Gasteiger partial charge in [0.25, 0.3) is 5.91 Å². The summed E-state index contributed by atoms with van der Waals surface area (Å²) in [5, 5.41) is 34.0. The van der Waals surface area contributed by atoms with Crippen LogP contribution in [0.1, 0.15) is 35.7 Å². The van der Waals surface area contributed by atoms with Gasteiger partial charge in [-0.05, 0) is 36.8 Å². The number of hydrazone groups is 1. The summed E-state index contributed by atoms with van der Waals surface area (Å²) in [6.07, 6.45) is -0.401. The molecule has 2 amide bonds. The van der Waals surface area contributed by atoms with Crippen molar-refractivity contribution < 1.29 is 29.7 Å². The van der Waals surface area contributed by atoms with Gasteiger partial charge in [-0.2, -0.15) is 5.10 Å². The zero-order valence-corrected chi connectivity index (χ0v) is 15.0. The van der Waals surface area contributed by atoms with Crippen molar-refractivity contribution in [3.05, 3.63) is 53.6 Å². The Hall–Kier alpha value is -3.88. The fourth-order valence-electron chi connectivity index (χ4n) is 2.26. The molecule has 0 fully saturated rings. The van der Waals surface area contributed by atoms with Crippen LogP contribution in [0.3, 0.4) is 0 Å². The highest BCUT2D eigenvalue weighted by molar-refractivity contribution is 6.02. The van der Waals surface area contributed by atoms with Crippen molar-refractivity contribution in [2.75, 3.05) is 5.32 Å². The fourth-order valence-corrected chi connectivity index (χ4v) is 2.26. The van der Waals surface area contributed by atoms with Crippen molar-refractivity contribution in [1.29, 1.82) is 0 Å². The quantitative estimate of drug-likeness (QED) is 0.364. The molecule has 2 aromatic carbocycles. The number of carboxylic acid groups (broad SMARTS) is 1. The van der Waals surface area contributed by atoms with Crippen LogP contribution in [-0.4, -0.2) is 38.8 Å². The number of amides is 2. The van der Waals surface area contributed by atoms with Crippen molar-refractivity contribution in [2.45, 2.75) is 19.8 Å². The molecule has 0 aromatic heterocycles. The van der Waals surface area contributed by atoms with E-state index in [2.05, 4.69) is 15.8 Å². The second kappa shape index (κ2) is 9.17. The molecule has 9 nitrogen and oxygen atoms in total. The number of anilines is 1. The first-order valence-corrected chi connectivity index (χ1v) is 8.24. The average Bonchev–Trinajstić information content (AvgIpc) is 2.63. The van der Waals surface area contributed by atoms with Gasteiger partial charge in [0.05, 0.1) is 12.1 Å². The van der Waals surface area contributed by atoms with E-state index in [0.29, 0.717) is 17.0 Å². The van der Waals surface area contributed by atoms with Crippen LogP contribution in [0.25, 0.3) is 0 Å². The number of nitrogens with one attached hydrogen (secondary N) is 2. The first kappa shape index (κ1) is 20.4. The minimum absolute atomic E-state index is 0.0356. The first-order valence-electron chi connectivity index (χ1n) is 8.24. The number of carbonyl (C=O) groups is 3. The summed E-state index contributed by atoms with van der Waals surface area (Å²) in [6, 6.07) is 10.1. The van der Waals surface area contributed by atoms with Crippen LogP contribution in [0.15, 0.2) is 47.6 Å². The number of aromatic hydroxyl groups is 2. The summed E-state index contributed by atoms with van der Waals surface area (Å²) < 4.78 is 0. The fraction of sp³-hybridized carbons (Fsp3) is 0.158. The molecule has 0 spiro atoms. The van der Waals surface area contributed by atoms with Crippen molar-refractivity contribution in [3.8, 4) is 11.5 Å². The molecule has 0 saturated carbocycles. The summed E-state index contributed by atoms with van der Waals surface area (Å²) in [4.78, 5) is 34.3. The third-order valence-electron chi connectivity index (χ3n) is 3.62. The average molecular weight is 385 g/mol. The normalized spacial score (nSPS) is 11.0. The Morgan fingerprint density at radius 2 is 1.64 bits per heavy atom. The third-order valence-corrected chi connectivity index (χ3v) is 3.62. The monoisotopic (exact) mass is 385 g/mol. The van der Waals surface area contributed by atoms with Crippen LogP contribution >= 0.6 is 0 Å². The Balaban J connectivity index is 2.05. The maximum absolute atomic E-state index is 12.1. The number of aliphatic carboxylic acids is 1. The number of hydrogen-bond acceptors (Lipinski definition) is 6. The third kappa shape index (κ3) is 6.13. The first-order chi connectivity index (χ1) is 13.2. The van der Waals surface area contributed by atoms with Crippen molar-refractivity contribution >= 4 is 29.2 Å². The predicted octanol–water partition coefficient (Wildman–Crippen LogP) is 2.06. The summed E-state index contributed by atoms with van der Waals surface area (Å²) in [5.74, 6) is -2.60. The summed E-state index contributed by atoms with van der Waals surface area (Å²) in [7, 11) is 0. The molecule has 0 bridgehead atoms. The van der Waals surface area contributed by atoms with Gasteiger partial charge in [-0.15, -0.1) is 0 Å². The Labute approximate surface area is 160 Å². The van der Waals surface area contributed by atoms with Crippen LogP contribution in [0.2, 0.25) is 0 Å².